The van der Waals surface area contributed by atoms with E-state index in [1.54, 1.807) is 6.20 Å². The molecule has 1 aromatic rings. The first-order valence-electron chi connectivity index (χ1n) is 10.3. The van der Waals surface area contributed by atoms with Gasteiger partial charge in [0.2, 0.25) is 5.89 Å². The van der Waals surface area contributed by atoms with Gasteiger partial charge in [-0.05, 0) is 33.6 Å². The number of oxazole rings is 1. The minimum atomic E-state index is -0.530. The van der Waals surface area contributed by atoms with Crippen LogP contribution in [0.15, 0.2) is 15.6 Å². The number of amides is 1. The third-order valence-corrected chi connectivity index (χ3v) is 4.01. The van der Waals surface area contributed by atoms with Gasteiger partial charge in [0.05, 0.1) is 12.2 Å². The maximum absolute atomic E-state index is 12.1. The molecule has 0 aliphatic rings. The van der Waals surface area contributed by atoms with Gasteiger partial charge in [-0.15, -0.1) is 0 Å². The van der Waals surface area contributed by atoms with Crippen molar-refractivity contribution in [1.29, 1.82) is 0 Å². The highest BCUT2D eigenvalue weighted by molar-refractivity contribution is 5.79. The number of guanidine groups is 1. The summed E-state index contributed by atoms with van der Waals surface area (Å²) in [5, 5.41) is 9.40. The lowest BCUT2D eigenvalue weighted by Crippen LogP contribution is -2.50. The van der Waals surface area contributed by atoms with Crippen molar-refractivity contribution in [2.45, 2.75) is 85.9 Å². The molecule has 0 radical (unpaired) electrons. The van der Waals surface area contributed by atoms with Crippen LogP contribution >= 0.6 is 0 Å². The van der Waals surface area contributed by atoms with E-state index >= 15 is 0 Å². The number of hydrogen-bond donors (Lipinski definition) is 3. The van der Waals surface area contributed by atoms with E-state index in [0.717, 1.165) is 12.3 Å². The van der Waals surface area contributed by atoms with E-state index in [0.29, 0.717) is 24.9 Å². The Morgan fingerprint density at radius 2 is 1.86 bits per heavy atom. The maximum Gasteiger partial charge on any atom is 0.407 e. The molecule has 0 aliphatic heterocycles. The predicted molar refractivity (Wildman–Crippen MR) is 116 cm³/mol. The molecule has 0 saturated carbocycles. The van der Waals surface area contributed by atoms with Crippen LogP contribution in [0.5, 0.6) is 0 Å². The van der Waals surface area contributed by atoms with Gasteiger partial charge in [0.1, 0.15) is 17.9 Å². The summed E-state index contributed by atoms with van der Waals surface area (Å²) in [4.78, 5) is 21.0. The molecule has 8 nitrogen and oxygen atoms in total. The molecule has 0 aromatic carbocycles. The number of ether oxygens (including phenoxy) is 1. The molecule has 0 spiro atoms. The fourth-order valence-electron chi connectivity index (χ4n) is 2.34. The molecule has 1 amide bonds. The highest BCUT2D eigenvalue weighted by Gasteiger charge is 2.22. The number of nitrogens with one attached hydrogen (secondary N) is 3. The third-order valence-electron chi connectivity index (χ3n) is 4.01. The lowest BCUT2D eigenvalue weighted by Gasteiger charge is -2.26. The number of aromatic nitrogens is 1. The van der Waals surface area contributed by atoms with Gasteiger partial charge in [0, 0.05) is 18.5 Å². The average Bonchev–Trinajstić information content (AvgIpc) is 3.03. The first-order chi connectivity index (χ1) is 13.3. The first kappa shape index (κ1) is 24.8. The van der Waals surface area contributed by atoms with Crippen LogP contribution in [0.1, 0.15) is 74.0 Å². The van der Waals surface area contributed by atoms with E-state index in [1.165, 1.54) is 0 Å². The molecule has 0 fully saturated rings. The Kier molecular flexibility index (Phi) is 8.98. The van der Waals surface area contributed by atoms with Crippen molar-refractivity contribution in [3.8, 4) is 0 Å². The minimum Gasteiger partial charge on any atom is -0.444 e. The maximum atomic E-state index is 12.1. The zero-order valence-corrected chi connectivity index (χ0v) is 19.5. The predicted octanol–water partition coefficient (Wildman–Crippen LogP) is 3.58. The van der Waals surface area contributed by atoms with Gasteiger partial charge in [-0.3, -0.25) is 0 Å². The quantitative estimate of drug-likeness (QED) is 0.470. The second-order valence-corrected chi connectivity index (χ2v) is 9.44. The summed E-state index contributed by atoms with van der Waals surface area (Å²) in [7, 11) is 0. The van der Waals surface area contributed by atoms with Gasteiger partial charge in [-0.25, -0.2) is 14.8 Å². The van der Waals surface area contributed by atoms with Gasteiger partial charge < -0.3 is 25.1 Å². The summed E-state index contributed by atoms with van der Waals surface area (Å²) in [5.41, 5.74) is -0.618. The number of alkyl carbamates (subject to hydrolysis) is 1. The highest BCUT2D eigenvalue weighted by atomic mass is 16.6. The van der Waals surface area contributed by atoms with Crippen LogP contribution in [0, 0.1) is 5.92 Å². The number of carbonyl (C=O) groups excluding carboxylic acids is 1. The van der Waals surface area contributed by atoms with Crippen LogP contribution in [0.4, 0.5) is 4.79 Å². The van der Waals surface area contributed by atoms with E-state index < -0.39 is 11.7 Å². The van der Waals surface area contributed by atoms with Crippen LogP contribution in [-0.4, -0.2) is 41.8 Å². The molecule has 1 atom stereocenters. The van der Waals surface area contributed by atoms with Gasteiger partial charge in [0.15, 0.2) is 5.96 Å². The van der Waals surface area contributed by atoms with Crippen LogP contribution in [0.25, 0.3) is 0 Å². The summed E-state index contributed by atoms with van der Waals surface area (Å²) >= 11 is 0. The summed E-state index contributed by atoms with van der Waals surface area (Å²) in [6.07, 6.45) is 1.33. The second kappa shape index (κ2) is 10.5. The molecular weight excluding hydrogens is 370 g/mol. The molecule has 1 heterocycles. The zero-order chi connectivity index (χ0) is 22.2. The number of nitrogens with zero attached hydrogens (tertiary/aromatic N) is 2. The molecule has 0 bridgehead atoms. The standard InChI is InChI=1S/C21H39N5O3/c1-10-22-18(25-13-17-23-12-16(28-17)20(4,5)6)24-11-15(14(2)3)26-19(27)29-21(7,8)9/h12,14-15H,10-11,13H2,1-9H3,(H,26,27)(H2,22,24,25). The fraction of sp³-hybridized carbons (Fsp3) is 0.762. The number of hydrogen-bond acceptors (Lipinski definition) is 5. The normalized spacial score (nSPS) is 13.9. The summed E-state index contributed by atoms with van der Waals surface area (Å²) in [6, 6.07) is -0.108. The van der Waals surface area contributed by atoms with Crippen LogP contribution in [-0.2, 0) is 16.7 Å². The summed E-state index contributed by atoms with van der Waals surface area (Å²) in [5.74, 6) is 2.26. The largest absolute Gasteiger partial charge is 0.444 e. The average molecular weight is 410 g/mol. The molecule has 0 saturated heterocycles. The molecule has 8 heteroatoms. The molecule has 29 heavy (non-hydrogen) atoms. The number of aliphatic imine (C=N–C) groups is 1. The summed E-state index contributed by atoms with van der Waals surface area (Å²) in [6.45, 7) is 19.4. The van der Waals surface area contributed by atoms with Crippen LogP contribution in [0.2, 0.25) is 0 Å². The van der Waals surface area contributed by atoms with E-state index in [1.807, 2.05) is 27.7 Å². The minimum absolute atomic E-state index is 0.0878. The van der Waals surface area contributed by atoms with E-state index in [4.69, 9.17) is 9.15 Å². The van der Waals surface area contributed by atoms with Crippen molar-refractivity contribution in [3.63, 3.8) is 0 Å². The Labute approximate surface area is 175 Å². The van der Waals surface area contributed by atoms with Crippen molar-refractivity contribution < 1.29 is 13.9 Å². The SMILES string of the molecule is CCNC(=NCc1ncc(C(C)(C)C)o1)NCC(NC(=O)OC(C)(C)C)C(C)C. The Morgan fingerprint density at radius 1 is 1.21 bits per heavy atom. The smallest absolute Gasteiger partial charge is 0.407 e. The summed E-state index contributed by atoms with van der Waals surface area (Å²) < 4.78 is 11.2. The third kappa shape index (κ3) is 9.67. The van der Waals surface area contributed by atoms with Gasteiger partial charge in [-0.1, -0.05) is 34.6 Å². The Bertz CT molecular complexity index is 669. The van der Waals surface area contributed by atoms with Crippen molar-refractivity contribution in [3.05, 3.63) is 17.8 Å². The van der Waals surface area contributed by atoms with Crippen LogP contribution in [0.3, 0.4) is 0 Å². The number of rotatable bonds is 7. The van der Waals surface area contributed by atoms with Gasteiger partial charge >= 0.3 is 6.09 Å². The first-order valence-corrected chi connectivity index (χ1v) is 10.3. The zero-order valence-electron chi connectivity index (χ0n) is 19.5. The van der Waals surface area contributed by atoms with E-state index in [9.17, 15) is 4.79 Å². The van der Waals surface area contributed by atoms with Gasteiger partial charge in [0.25, 0.3) is 0 Å². The van der Waals surface area contributed by atoms with Crippen molar-refractivity contribution in [1.82, 2.24) is 20.9 Å². The lowest BCUT2D eigenvalue weighted by atomic mass is 9.94. The topological polar surface area (TPSA) is 101 Å². The Balaban J connectivity index is 2.71. The monoisotopic (exact) mass is 409 g/mol. The Hall–Kier alpha value is -2.25. The van der Waals surface area contributed by atoms with Gasteiger partial charge in [-0.2, -0.15) is 0 Å². The van der Waals surface area contributed by atoms with Crippen molar-refractivity contribution in [2.24, 2.45) is 10.9 Å². The van der Waals surface area contributed by atoms with Crippen molar-refractivity contribution in [2.75, 3.05) is 13.1 Å². The highest BCUT2D eigenvalue weighted by Crippen LogP contribution is 2.22. The molecule has 3 N–H and O–H groups in total. The van der Waals surface area contributed by atoms with Crippen LogP contribution < -0.4 is 16.0 Å². The Morgan fingerprint density at radius 3 is 2.34 bits per heavy atom. The molecule has 0 aliphatic carbocycles. The van der Waals surface area contributed by atoms with E-state index in [2.05, 4.69) is 60.5 Å². The molecular formula is C21H39N5O3. The molecule has 166 valence electrons. The van der Waals surface area contributed by atoms with E-state index in [-0.39, 0.29) is 17.4 Å². The number of carbonyl (C=O) groups is 1. The lowest BCUT2D eigenvalue weighted by molar-refractivity contribution is 0.0491. The van der Waals surface area contributed by atoms with Crippen molar-refractivity contribution >= 4 is 12.1 Å². The molecule has 1 rings (SSSR count). The fourth-order valence-corrected chi connectivity index (χ4v) is 2.34. The molecule has 1 aromatic heterocycles. The second-order valence-electron chi connectivity index (χ2n) is 9.44. The molecule has 1 unspecified atom stereocenters.